The zero-order valence-electron chi connectivity index (χ0n) is 10.4. The van der Waals surface area contributed by atoms with Crippen molar-refractivity contribution in [3.05, 3.63) is 0 Å². The molecule has 2 aliphatic rings. The molecule has 3 unspecified atom stereocenters. The monoisotopic (exact) mass is 280 g/mol. The largest absolute Gasteiger partial charge is 1.00 e. The van der Waals surface area contributed by atoms with Crippen molar-refractivity contribution in [2.45, 2.75) is 6.42 Å². The summed E-state index contributed by atoms with van der Waals surface area (Å²) in [6.45, 7) is 0. The molecule has 0 aromatic carbocycles. The third kappa shape index (κ3) is 3.26. The summed E-state index contributed by atoms with van der Waals surface area (Å²) in [7, 11) is -1.22. The fraction of sp³-hybridized carbons (Fsp3) is 0.444. The van der Waals surface area contributed by atoms with Gasteiger partial charge < -0.3 is 9.90 Å². The van der Waals surface area contributed by atoms with Gasteiger partial charge in [0.25, 0.3) is 0 Å². The van der Waals surface area contributed by atoms with Gasteiger partial charge in [0.2, 0.25) is 0 Å². The third-order valence-electron chi connectivity index (χ3n) is 2.53. The second-order valence-corrected chi connectivity index (χ2v) is 7.61. The first-order valence-corrected chi connectivity index (χ1v) is 8.69. The average molecular weight is 280 g/mol. The molecule has 0 N–H and O–H groups in total. The molecule has 0 saturated carbocycles. The smallest absolute Gasteiger partial charge is 0.549 e. The minimum Gasteiger partial charge on any atom is -0.549 e. The van der Waals surface area contributed by atoms with Gasteiger partial charge in [0, 0.05) is 6.42 Å². The molecule has 2 heterocycles. The summed E-state index contributed by atoms with van der Waals surface area (Å²) in [5.41, 5.74) is 3.46. The van der Waals surface area contributed by atoms with Crippen LogP contribution in [0, 0.1) is 5.92 Å². The van der Waals surface area contributed by atoms with Crippen LogP contribution in [0.2, 0.25) is 0 Å². The Bertz CT molecular complexity index is 463. The molecular weight excluding hydrogens is 267 g/mol. The Labute approximate surface area is 123 Å². The van der Waals surface area contributed by atoms with Crippen LogP contribution in [-0.2, 0) is 4.79 Å². The first kappa shape index (κ1) is 15.5. The van der Waals surface area contributed by atoms with E-state index in [2.05, 4.69) is 20.4 Å². The van der Waals surface area contributed by atoms with Crippen LogP contribution in [0.5, 0.6) is 0 Å². The average Bonchev–Trinajstić information content (AvgIpc) is 2.84. The van der Waals surface area contributed by atoms with E-state index in [0.29, 0.717) is 11.5 Å². The molecule has 94 valence electrons. The Kier molecular flexibility index (Phi) is 5.66. The van der Waals surface area contributed by atoms with Gasteiger partial charge in [-0.1, -0.05) is 0 Å². The van der Waals surface area contributed by atoms with Gasteiger partial charge in [0.15, 0.2) is 0 Å². The number of carbonyl (C=O) groups is 1. The SMILES string of the molecule is C[SH]1C=NN=C1CC(C(=O)[O-])C1=NN=C[SH]1C.[Li+]. The van der Waals surface area contributed by atoms with Gasteiger partial charge in [0.05, 0.1) is 33.1 Å². The second-order valence-electron chi connectivity index (χ2n) is 3.73. The zero-order chi connectivity index (χ0) is 12.4. The molecule has 9 heteroatoms. The molecule has 2 aliphatic heterocycles. The topological polar surface area (TPSA) is 89.6 Å². The van der Waals surface area contributed by atoms with Crippen molar-refractivity contribution >= 4 is 48.9 Å². The van der Waals surface area contributed by atoms with E-state index >= 15 is 0 Å². The summed E-state index contributed by atoms with van der Waals surface area (Å²) < 4.78 is 0. The molecule has 0 bridgehead atoms. The summed E-state index contributed by atoms with van der Waals surface area (Å²) in [6.07, 6.45) is 4.26. The maximum absolute atomic E-state index is 11.2. The van der Waals surface area contributed by atoms with E-state index in [1.807, 2.05) is 12.5 Å². The minimum absolute atomic E-state index is 0. The molecule has 18 heavy (non-hydrogen) atoms. The van der Waals surface area contributed by atoms with Gasteiger partial charge in [-0.05, 0) is 12.5 Å². The van der Waals surface area contributed by atoms with Crippen LogP contribution >= 0.6 is 21.8 Å². The van der Waals surface area contributed by atoms with Crippen LogP contribution < -0.4 is 24.0 Å². The second kappa shape index (κ2) is 6.57. The number of carbonyl (C=O) groups excluding carboxylic acids is 1. The van der Waals surface area contributed by atoms with Crippen LogP contribution in [0.25, 0.3) is 0 Å². The van der Waals surface area contributed by atoms with Crippen LogP contribution in [-0.4, -0.2) is 39.7 Å². The maximum atomic E-state index is 11.2. The molecule has 6 nitrogen and oxygen atoms in total. The quantitative estimate of drug-likeness (QED) is 0.418. The molecule has 2 rings (SSSR count). The standard InChI is InChI=1S/C9H14N4O2S2.Li/c1-16-4-10-12-7(16)3-6(9(14)15)8-13-11-5-17(8)2;/h4-6,16-17H,3H2,1-2H3,(H,14,15);/q;+1/p-1. The van der Waals surface area contributed by atoms with Gasteiger partial charge in [-0.2, -0.15) is 32.0 Å². The van der Waals surface area contributed by atoms with E-state index in [1.165, 1.54) is 0 Å². The van der Waals surface area contributed by atoms with Crippen molar-refractivity contribution in [3.63, 3.8) is 0 Å². The summed E-state index contributed by atoms with van der Waals surface area (Å²) >= 11 is 0. The van der Waals surface area contributed by atoms with Crippen LogP contribution in [0.3, 0.4) is 0 Å². The fourth-order valence-corrected chi connectivity index (χ4v) is 3.77. The molecule has 0 aromatic heterocycles. The Balaban J connectivity index is 0.00000162. The van der Waals surface area contributed by atoms with E-state index < -0.39 is 33.7 Å². The van der Waals surface area contributed by atoms with E-state index in [4.69, 9.17) is 0 Å². The number of carboxylic acids is 1. The number of hydrogen-bond acceptors (Lipinski definition) is 6. The molecule has 0 aliphatic carbocycles. The number of aliphatic carboxylic acids is 1. The number of hydrogen-bond donors (Lipinski definition) is 2. The first-order valence-electron chi connectivity index (χ1n) is 4.97. The summed E-state index contributed by atoms with van der Waals surface area (Å²) in [6, 6.07) is 0. The van der Waals surface area contributed by atoms with E-state index in [-0.39, 0.29) is 18.9 Å². The van der Waals surface area contributed by atoms with Gasteiger partial charge in [-0.25, -0.2) is 0 Å². The van der Waals surface area contributed by atoms with Crippen molar-refractivity contribution in [3.8, 4) is 0 Å². The van der Waals surface area contributed by atoms with Crippen LogP contribution in [0.15, 0.2) is 20.4 Å². The van der Waals surface area contributed by atoms with Gasteiger partial charge in [0.1, 0.15) is 0 Å². The van der Waals surface area contributed by atoms with Crippen LogP contribution in [0.4, 0.5) is 0 Å². The zero-order valence-corrected chi connectivity index (χ0v) is 12.2. The van der Waals surface area contributed by atoms with Crippen molar-refractivity contribution in [2.24, 2.45) is 26.3 Å². The Hall–Kier alpha value is -0.553. The molecule has 3 atom stereocenters. The normalized spacial score (nSPS) is 30.6. The molecule has 0 amide bonds. The molecule has 0 radical (unpaired) electrons. The Morgan fingerprint density at radius 2 is 1.89 bits per heavy atom. The third-order valence-corrected chi connectivity index (χ3v) is 5.64. The number of rotatable bonds is 4. The Morgan fingerprint density at radius 3 is 2.33 bits per heavy atom. The van der Waals surface area contributed by atoms with E-state index in [9.17, 15) is 9.90 Å². The number of thiol groups is 2. The van der Waals surface area contributed by atoms with Crippen LogP contribution in [0.1, 0.15) is 6.42 Å². The van der Waals surface area contributed by atoms with Gasteiger partial charge in [-0.3, -0.25) is 0 Å². The minimum atomic E-state index is -1.11. The van der Waals surface area contributed by atoms with Gasteiger partial charge in [-0.15, -0.1) is 10.2 Å². The van der Waals surface area contributed by atoms with Crippen molar-refractivity contribution in [2.75, 3.05) is 12.5 Å². The Morgan fingerprint density at radius 1 is 1.28 bits per heavy atom. The molecule has 0 fully saturated rings. The van der Waals surface area contributed by atoms with E-state index in [0.717, 1.165) is 5.04 Å². The fourth-order valence-electron chi connectivity index (χ4n) is 1.56. The molecule has 0 saturated heterocycles. The molecule has 0 spiro atoms. The van der Waals surface area contributed by atoms with E-state index in [1.54, 1.807) is 11.1 Å². The summed E-state index contributed by atoms with van der Waals surface area (Å²) in [5.74, 6) is -1.83. The predicted octanol–water partition coefficient (Wildman–Crippen LogP) is -3.28. The number of carboxylic acid groups (broad SMARTS) is 1. The maximum Gasteiger partial charge on any atom is 1.00 e. The number of nitrogens with zero attached hydrogens (tertiary/aromatic N) is 4. The van der Waals surface area contributed by atoms with Crippen molar-refractivity contribution in [1.29, 1.82) is 0 Å². The predicted molar refractivity (Wildman–Crippen MR) is 74.8 cm³/mol. The first-order chi connectivity index (χ1) is 8.09. The van der Waals surface area contributed by atoms with Crippen molar-refractivity contribution < 1.29 is 28.8 Å². The molecular formula is C9H13LiN4O2S2. The summed E-state index contributed by atoms with van der Waals surface area (Å²) in [5, 5.41) is 28.1. The molecule has 0 aromatic rings. The van der Waals surface area contributed by atoms with Crippen molar-refractivity contribution in [1.82, 2.24) is 0 Å². The summed E-state index contributed by atoms with van der Waals surface area (Å²) in [4.78, 5) is 11.2. The van der Waals surface area contributed by atoms with Gasteiger partial charge >= 0.3 is 18.9 Å².